The Morgan fingerprint density at radius 2 is 1.71 bits per heavy atom. The van der Waals surface area contributed by atoms with Crippen molar-refractivity contribution >= 4 is 5.97 Å². The second-order valence-corrected chi connectivity index (χ2v) is 4.19. The van der Waals surface area contributed by atoms with E-state index in [2.05, 4.69) is 15.2 Å². The average Bonchev–Trinajstić information content (AvgIpc) is 2.97. The van der Waals surface area contributed by atoms with Gasteiger partial charge < -0.3 is 9.52 Å². The minimum absolute atomic E-state index is 0.138. The number of aromatic carboxylic acids is 1. The van der Waals surface area contributed by atoms with Crippen molar-refractivity contribution in [1.82, 2.24) is 15.2 Å². The van der Waals surface area contributed by atoms with Gasteiger partial charge in [-0.05, 0) is 30.3 Å². The molecule has 0 amide bonds. The van der Waals surface area contributed by atoms with Crippen molar-refractivity contribution in [3.05, 3.63) is 54.1 Å². The van der Waals surface area contributed by atoms with E-state index < -0.39 is 11.8 Å². The Morgan fingerprint density at radius 1 is 1.05 bits per heavy atom. The smallest absolute Gasteiger partial charge is 0.335 e. The number of aromatic nitrogens is 3. The number of halogens is 1. The molecule has 0 fully saturated rings. The summed E-state index contributed by atoms with van der Waals surface area (Å²) in [5.74, 6) is -1.16. The van der Waals surface area contributed by atoms with Crippen LogP contribution in [0.1, 0.15) is 10.4 Å². The highest BCUT2D eigenvalue weighted by Gasteiger charge is 2.12. The number of rotatable bonds is 3. The number of carboxylic acid groups (broad SMARTS) is 1. The van der Waals surface area contributed by atoms with Crippen molar-refractivity contribution in [2.75, 3.05) is 0 Å². The van der Waals surface area contributed by atoms with Gasteiger partial charge in [-0.3, -0.25) is 4.98 Å². The molecule has 1 aromatic carbocycles. The van der Waals surface area contributed by atoms with Gasteiger partial charge in [0, 0.05) is 11.8 Å². The SMILES string of the molecule is O=C(O)c1ccc(-c2nnc(-c3cncc(F)c3)o2)cc1. The highest BCUT2D eigenvalue weighted by molar-refractivity contribution is 5.88. The Hall–Kier alpha value is -3.09. The summed E-state index contributed by atoms with van der Waals surface area (Å²) >= 11 is 0. The first-order chi connectivity index (χ1) is 10.1. The highest BCUT2D eigenvalue weighted by atomic mass is 19.1. The molecule has 0 saturated heterocycles. The van der Waals surface area contributed by atoms with E-state index in [4.69, 9.17) is 9.52 Å². The molecule has 0 aliphatic rings. The van der Waals surface area contributed by atoms with Crippen LogP contribution in [0.4, 0.5) is 4.39 Å². The number of benzene rings is 1. The molecule has 104 valence electrons. The van der Waals surface area contributed by atoms with E-state index >= 15 is 0 Å². The number of hydrogen-bond acceptors (Lipinski definition) is 5. The van der Waals surface area contributed by atoms with Crippen molar-refractivity contribution in [3.8, 4) is 22.9 Å². The lowest BCUT2D eigenvalue weighted by Gasteiger charge is -1.96. The normalized spacial score (nSPS) is 10.5. The molecular formula is C14H8FN3O3. The second kappa shape index (κ2) is 5.12. The van der Waals surface area contributed by atoms with Gasteiger partial charge in [0.25, 0.3) is 0 Å². The lowest BCUT2D eigenvalue weighted by atomic mass is 10.1. The van der Waals surface area contributed by atoms with Crippen molar-refractivity contribution < 1.29 is 18.7 Å². The fourth-order valence-electron chi connectivity index (χ4n) is 1.74. The first-order valence-corrected chi connectivity index (χ1v) is 5.91. The Kier molecular flexibility index (Phi) is 3.15. The Labute approximate surface area is 117 Å². The van der Waals surface area contributed by atoms with Gasteiger partial charge in [0.2, 0.25) is 11.8 Å². The Morgan fingerprint density at radius 3 is 2.33 bits per heavy atom. The van der Waals surface area contributed by atoms with E-state index in [0.717, 1.165) is 6.20 Å². The molecule has 3 aromatic rings. The maximum Gasteiger partial charge on any atom is 0.335 e. The maximum absolute atomic E-state index is 13.1. The van der Waals surface area contributed by atoms with Crippen LogP contribution in [0.25, 0.3) is 22.9 Å². The first-order valence-electron chi connectivity index (χ1n) is 5.91. The van der Waals surface area contributed by atoms with Gasteiger partial charge in [0.15, 0.2) is 0 Å². The second-order valence-electron chi connectivity index (χ2n) is 4.19. The molecule has 6 nitrogen and oxygen atoms in total. The molecule has 0 aliphatic heterocycles. The lowest BCUT2D eigenvalue weighted by Crippen LogP contribution is -1.94. The van der Waals surface area contributed by atoms with E-state index in [-0.39, 0.29) is 17.3 Å². The summed E-state index contributed by atoms with van der Waals surface area (Å²) < 4.78 is 18.5. The van der Waals surface area contributed by atoms with Crippen LogP contribution in [0.15, 0.2) is 47.1 Å². The topological polar surface area (TPSA) is 89.1 Å². The van der Waals surface area contributed by atoms with E-state index in [1.165, 1.54) is 24.4 Å². The molecule has 7 heteroatoms. The van der Waals surface area contributed by atoms with Gasteiger partial charge in [0.05, 0.1) is 17.3 Å². The van der Waals surface area contributed by atoms with Crippen LogP contribution >= 0.6 is 0 Å². The molecule has 0 radical (unpaired) electrons. The van der Waals surface area contributed by atoms with E-state index in [0.29, 0.717) is 11.1 Å². The molecule has 0 aliphatic carbocycles. The van der Waals surface area contributed by atoms with Crippen molar-refractivity contribution in [2.45, 2.75) is 0 Å². The Balaban J connectivity index is 1.93. The summed E-state index contributed by atoms with van der Waals surface area (Å²) in [7, 11) is 0. The number of carboxylic acids is 1. The van der Waals surface area contributed by atoms with Crippen LogP contribution < -0.4 is 0 Å². The molecule has 21 heavy (non-hydrogen) atoms. The largest absolute Gasteiger partial charge is 0.478 e. The summed E-state index contributed by atoms with van der Waals surface area (Å²) in [6.45, 7) is 0. The maximum atomic E-state index is 13.1. The minimum Gasteiger partial charge on any atom is -0.478 e. The van der Waals surface area contributed by atoms with Gasteiger partial charge in [-0.1, -0.05) is 0 Å². The van der Waals surface area contributed by atoms with E-state index in [1.807, 2.05) is 0 Å². The van der Waals surface area contributed by atoms with Crippen LogP contribution in [-0.2, 0) is 0 Å². The summed E-state index contributed by atoms with van der Waals surface area (Å²) in [6.07, 6.45) is 2.49. The molecule has 0 atom stereocenters. The molecule has 0 unspecified atom stereocenters. The Bertz CT molecular complexity index is 799. The van der Waals surface area contributed by atoms with Crippen LogP contribution in [-0.4, -0.2) is 26.3 Å². The first kappa shape index (κ1) is 12.9. The lowest BCUT2D eigenvalue weighted by molar-refractivity contribution is 0.0697. The van der Waals surface area contributed by atoms with Gasteiger partial charge >= 0.3 is 5.97 Å². The third kappa shape index (κ3) is 2.62. The fourth-order valence-corrected chi connectivity index (χ4v) is 1.74. The quantitative estimate of drug-likeness (QED) is 0.795. The van der Waals surface area contributed by atoms with Crippen LogP contribution in [0.2, 0.25) is 0 Å². The van der Waals surface area contributed by atoms with Gasteiger partial charge in [0.1, 0.15) is 5.82 Å². The van der Waals surface area contributed by atoms with Gasteiger partial charge in [-0.15, -0.1) is 10.2 Å². The zero-order chi connectivity index (χ0) is 14.8. The van der Waals surface area contributed by atoms with Crippen LogP contribution in [0, 0.1) is 5.82 Å². The minimum atomic E-state index is -1.02. The summed E-state index contributed by atoms with van der Waals surface area (Å²) in [5.41, 5.74) is 1.10. The number of carbonyl (C=O) groups is 1. The zero-order valence-electron chi connectivity index (χ0n) is 10.5. The van der Waals surface area contributed by atoms with Crippen LogP contribution in [0.3, 0.4) is 0 Å². The predicted molar refractivity (Wildman–Crippen MR) is 69.9 cm³/mol. The number of pyridine rings is 1. The number of nitrogens with zero attached hydrogens (tertiary/aromatic N) is 3. The summed E-state index contributed by atoms with van der Waals surface area (Å²) in [6, 6.07) is 7.23. The summed E-state index contributed by atoms with van der Waals surface area (Å²) in [5, 5.41) is 16.5. The van der Waals surface area contributed by atoms with Crippen molar-refractivity contribution in [2.24, 2.45) is 0 Å². The monoisotopic (exact) mass is 285 g/mol. The van der Waals surface area contributed by atoms with Gasteiger partial charge in [-0.25, -0.2) is 9.18 Å². The van der Waals surface area contributed by atoms with Crippen LogP contribution in [0.5, 0.6) is 0 Å². The van der Waals surface area contributed by atoms with Crippen molar-refractivity contribution in [1.29, 1.82) is 0 Å². The molecule has 0 bridgehead atoms. The van der Waals surface area contributed by atoms with E-state index in [1.54, 1.807) is 12.1 Å². The molecule has 0 spiro atoms. The molecule has 2 aromatic heterocycles. The summed E-state index contributed by atoms with van der Waals surface area (Å²) in [4.78, 5) is 14.5. The molecule has 3 rings (SSSR count). The standard InChI is InChI=1S/C14H8FN3O3/c15-11-5-10(6-16-7-11)13-18-17-12(21-13)8-1-3-9(4-2-8)14(19)20/h1-7H,(H,19,20). The molecule has 1 N–H and O–H groups in total. The third-order valence-corrected chi connectivity index (χ3v) is 2.76. The fraction of sp³-hybridized carbons (Fsp3) is 0. The molecule has 2 heterocycles. The molecule has 0 saturated carbocycles. The van der Waals surface area contributed by atoms with Gasteiger partial charge in [-0.2, -0.15) is 0 Å². The third-order valence-electron chi connectivity index (χ3n) is 2.76. The highest BCUT2D eigenvalue weighted by Crippen LogP contribution is 2.23. The average molecular weight is 285 g/mol. The van der Waals surface area contributed by atoms with E-state index in [9.17, 15) is 9.18 Å². The molecular weight excluding hydrogens is 277 g/mol. The zero-order valence-corrected chi connectivity index (χ0v) is 10.5. The number of hydrogen-bond donors (Lipinski definition) is 1. The predicted octanol–water partition coefficient (Wildman–Crippen LogP) is 2.64. The van der Waals surface area contributed by atoms with Crippen molar-refractivity contribution in [3.63, 3.8) is 0 Å².